The molecule has 24 heavy (non-hydrogen) atoms. The summed E-state index contributed by atoms with van der Waals surface area (Å²) < 4.78 is 6.37. The van der Waals surface area contributed by atoms with Gasteiger partial charge in [-0.25, -0.2) is 0 Å². The summed E-state index contributed by atoms with van der Waals surface area (Å²) in [5.74, 6) is 0.435. The zero-order valence-electron chi connectivity index (χ0n) is 13.7. The largest absolute Gasteiger partial charge is 0.490 e. The third-order valence-electron chi connectivity index (χ3n) is 3.23. The van der Waals surface area contributed by atoms with E-state index in [1.54, 1.807) is 23.1 Å². The maximum atomic E-state index is 12.4. The molecule has 0 spiro atoms. The first-order valence-corrected chi connectivity index (χ1v) is 8.69. The lowest BCUT2D eigenvalue weighted by Gasteiger charge is -2.20. The van der Waals surface area contributed by atoms with E-state index in [9.17, 15) is 4.79 Å². The van der Waals surface area contributed by atoms with Gasteiger partial charge in [-0.05, 0) is 72.3 Å². The predicted octanol–water partition coefficient (Wildman–Crippen LogP) is 4.39. The van der Waals surface area contributed by atoms with Crippen LogP contribution in [-0.4, -0.2) is 24.2 Å². The third-order valence-corrected chi connectivity index (χ3v) is 4.22. The minimum Gasteiger partial charge on any atom is -0.490 e. The van der Waals surface area contributed by atoms with E-state index in [0.717, 1.165) is 10.2 Å². The molecule has 2 aromatic carbocycles. The van der Waals surface area contributed by atoms with Gasteiger partial charge in [-0.2, -0.15) is 0 Å². The molecule has 0 saturated heterocycles. The van der Waals surface area contributed by atoms with Crippen molar-refractivity contribution in [2.24, 2.45) is 0 Å². The fourth-order valence-electron chi connectivity index (χ4n) is 2.01. The lowest BCUT2D eigenvalue weighted by Crippen LogP contribution is -2.40. The number of nitrogens with one attached hydrogen (secondary N) is 1. The molecule has 0 radical (unpaired) electrons. The van der Waals surface area contributed by atoms with Crippen molar-refractivity contribution in [2.75, 3.05) is 11.9 Å². The number of nitrogens with zero attached hydrogens (tertiary/aromatic N) is 1. The Labute approximate surface area is 155 Å². The zero-order chi connectivity index (χ0) is 17.7. The molecule has 0 unspecified atom stereocenters. The SMILES string of the molecule is CC(C)Oc1ccc(C(=O)NC(=S)N(C)c2ccccc2)cc1Br. The molecule has 6 heteroatoms. The number of hydrogen-bond acceptors (Lipinski definition) is 3. The van der Waals surface area contributed by atoms with Gasteiger partial charge in [0.15, 0.2) is 5.11 Å². The van der Waals surface area contributed by atoms with Crippen LogP contribution in [0.4, 0.5) is 5.69 Å². The minimum atomic E-state index is -0.264. The van der Waals surface area contributed by atoms with Crippen LogP contribution in [0.5, 0.6) is 5.75 Å². The van der Waals surface area contributed by atoms with Crippen LogP contribution in [0.15, 0.2) is 53.0 Å². The Morgan fingerprint density at radius 1 is 1.21 bits per heavy atom. The van der Waals surface area contributed by atoms with Gasteiger partial charge in [0, 0.05) is 18.3 Å². The molecule has 0 heterocycles. The highest BCUT2D eigenvalue weighted by Crippen LogP contribution is 2.27. The Balaban J connectivity index is 2.07. The van der Waals surface area contributed by atoms with Gasteiger partial charge in [0.1, 0.15) is 5.75 Å². The monoisotopic (exact) mass is 406 g/mol. The number of halogens is 1. The van der Waals surface area contributed by atoms with Crippen molar-refractivity contribution in [1.29, 1.82) is 0 Å². The highest BCUT2D eigenvalue weighted by Gasteiger charge is 2.14. The molecule has 2 aromatic rings. The van der Waals surface area contributed by atoms with Crippen molar-refractivity contribution < 1.29 is 9.53 Å². The lowest BCUT2D eigenvalue weighted by molar-refractivity contribution is 0.0977. The van der Waals surface area contributed by atoms with Crippen molar-refractivity contribution in [3.63, 3.8) is 0 Å². The van der Waals surface area contributed by atoms with E-state index in [0.29, 0.717) is 16.4 Å². The van der Waals surface area contributed by atoms with Crippen LogP contribution in [-0.2, 0) is 0 Å². The first-order chi connectivity index (χ1) is 11.4. The molecule has 1 amide bonds. The highest BCUT2D eigenvalue weighted by molar-refractivity contribution is 9.10. The Hall–Kier alpha value is -1.92. The van der Waals surface area contributed by atoms with Gasteiger partial charge in [-0.15, -0.1) is 0 Å². The Bertz CT molecular complexity index is 735. The summed E-state index contributed by atoms with van der Waals surface area (Å²) in [4.78, 5) is 14.1. The van der Waals surface area contributed by atoms with Gasteiger partial charge in [0.2, 0.25) is 0 Å². The molecule has 0 aliphatic carbocycles. The number of hydrogen-bond donors (Lipinski definition) is 1. The molecule has 0 atom stereocenters. The van der Waals surface area contributed by atoms with Crippen molar-refractivity contribution >= 4 is 44.9 Å². The van der Waals surface area contributed by atoms with Gasteiger partial charge in [0.05, 0.1) is 10.6 Å². The average molecular weight is 407 g/mol. The van der Waals surface area contributed by atoms with Crippen LogP contribution in [0.3, 0.4) is 0 Å². The molecule has 0 aliphatic heterocycles. The maximum absolute atomic E-state index is 12.4. The molecule has 4 nitrogen and oxygen atoms in total. The van der Waals surface area contributed by atoms with Crippen molar-refractivity contribution in [3.8, 4) is 5.75 Å². The zero-order valence-corrected chi connectivity index (χ0v) is 16.1. The maximum Gasteiger partial charge on any atom is 0.257 e. The summed E-state index contributed by atoms with van der Waals surface area (Å²) in [5.41, 5.74) is 1.41. The quantitative estimate of drug-likeness (QED) is 0.764. The lowest BCUT2D eigenvalue weighted by atomic mass is 10.2. The number of carbonyl (C=O) groups is 1. The smallest absolute Gasteiger partial charge is 0.257 e. The van der Waals surface area contributed by atoms with Crippen LogP contribution in [0.2, 0.25) is 0 Å². The van der Waals surface area contributed by atoms with Crippen molar-refractivity contribution in [1.82, 2.24) is 5.32 Å². The fourth-order valence-corrected chi connectivity index (χ4v) is 2.68. The molecular weight excluding hydrogens is 388 g/mol. The van der Waals surface area contributed by atoms with Crippen LogP contribution < -0.4 is 15.0 Å². The molecule has 0 aliphatic rings. The van der Waals surface area contributed by atoms with E-state index in [1.165, 1.54) is 0 Å². The van der Waals surface area contributed by atoms with Crippen molar-refractivity contribution in [3.05, 3.63) is 58.6 Å². The fraction of sp³-hybridized carbons (Fsp3) is 0.222. The van der Waals surface area contributed by atoms with Gasteiger partial charge in [0.25, 0.3) is 5.91 Å². The molecular formula is C18H19BrN2O2S. The number of carbonyl (C=O) groups excluding carboxylic acids is 1. The number of thiocarbonyl (C=S) groups is 1. The standard InChI is InChI=1S/C18H19BrN2O2S/c1-12(2)23-16-10-9-13(11-15(16)19)17(22)20-18(24)21(3)14-7-5-4-6-8-14/h4-12H,1-3H3,(H,20,22,24). The topological polar surface area (TPSA) is 41.6 Å². The van der Waals surface area contributed by atoms with Crippen LogP contribution in [0.25, 0.3) is 0 Å². The first kappa shape index (κ1) is 18.4. The molecule has 0 bridgehead atoms. The number of para-hydroxylation sites is 1. The minimum absolute atomic E-state index is 0.0630. The average Bonchev–Trinajstić information content (AvgIpc) is 2.56. The van der Waals surface area contributed by atoms with E-state index in [-0.39, 0.29) is 12.0 Å². The molecule has 0 saturated carbocycles. The summed E-state index contributed by atoms with van der Waals surface area (Å²) in [6.45, 7) is 3.90. The molecule has 1 N–H and O–H groups in total. The molecule has 0 fully saturated rings. The number of rotatable bonds is 4. The Morgan fingerprint density at radius 3 is 2.46 bits per heavy atom. The summed E-state index contributed by atoms with van der Waals surface area (Å²) >= 11 is 8.74. The molecule has 126 valence electrons. The number of benzene rings is 2. The van der Waals surface area contributed by atoms with E-state index >= 15 is 0 Å². The summed E-state index contributed by atoms with van der Waals surface area (Å²) in [6, 6.07) is 14.8. The second-order valence-electron chi connectivity index (χ2n) is 5.47. The second-order valence-corrected chi connectivity index (χ2v) is 6.71. The first-order valence-electron chi connectivity index (χ1n) is 7.48. The normalized spacial score (nSPS) is 10.4. The summed E-state index contributed by atoms with van der Waals surface area (Å²) in [7, 11) is 1.81. The van der Waals surface area contributed by atoms with Gasteiger partial charge < -0.3 is 9.64 Å². The van der Waals surface area contributed by atoms with Gasteiger partial charge >= 0.3 is 0 Å². The number of anilines is 1. The third kappa shape index (κ3) is 4.79. The number of amides is 1. The van der Waals surface area contributed by atoms with E-state index < -0.39 is 0 Å². The summed E-state index contributed by atoms with van der Waals surface area (Å²) in [5, 5.41) is 3.08. The van der Waals surface area contributed by atoms with Gasteiger partial charge in [-0.1, -0.05) is 18.2 Å². The van der Waals surface area contributed by atoms with Crippen molar-refractivity contribution in [2.45, 2.75) is 20.0 Å². The second kappa shape index (κ2) is 8.26. The Kier molecular flexibility index (Phi) is 6.34. The molecule has 2 rings (SSSR count). The highest BCUT2D eigenvalue weighted by atomic mass is 79.9. The van der Waals surface area contributed by atoms with Gasteiger partial charge in [-0.3, -0.25) is 10.1 Å². The van der Waals surface area contributed by atoms with E-state index in [2.05, 4.69) is 21.2 Å². The predicted molar refractivity (Wildman–Crippen MR) is 105 cm³/mol. The number of ether oxygens (including phenoxy) is 1. The Morgan fingerprint density at radius 2 is 1.88 bits per heavy atom. The van der Waals surface area contributed by atoms with Crippen LogP contribution in [0, 0.1) is 0 Å². The molecule has 0 aromatic heterocycles. The van der Waals surface area contributed by atoms with Crippen LogP contribution >= 0.6 is 28.1 Å². The van der Waals surface area contributed by atoms with E-state index in [4.69, 9.17) is 17.0 Å². The van der Waals surface area contributed by atoms with E-state index in [1.807, 2.05) is 51.2 Å². The van der Waals surface area contributed by atoms with Crippen LogP contribution in [0.1, 0.15) is 24.2 Å². The summed E-state index contributed by atoms with van der Waals surface area (Å²) in [6.07, 6.45) is 0.0630.